The van der Waals surface area contributed by atoms with Gasteiger partial charge in [0.25, 0.3) is 0 Å². The van der Waals surface area contributed by atoms with Gasteiger partial charge in [-0.25, -0.2) is 0 Å². The summed E-state index contributed by atoms with van der Waals surface area (Å²) in [6.07, 6.45) is 1.84. The van der Waals surface area contributed by atoms with Gasteiger partial charge in [0.2, 0.25) is 0 Å². The molecule has 1 rings (SSSR count). The van der Waals surface area contributed by atoms with Crippen molar-refractivity contribution in [2.24, 2.45) is 7.05 Å². The minimum atomic E-state index is 0.244. The van der Waals surface area contributed by atoms with E-state index in [1.807, 2.05) is 11.7 Å². The van der Waals surface area contributed by atoms with Crippen molar-refractivity contribution in [1.29, 1.82) is 0 Å². The third kappa shape index (κ3) is 2.83. The van der Waals surface area contributed by atoms with E-state index in [0.717, 1.165) is 25.1 Å². The molecule has 0 amide bonds. The first-order chi connectivity index (χ1) is 7.61. The van der Waals surface area contributed by atoms with Crippen molar-refractivity contribution < 1.29 is 5.11 Å². The van der Waals surface area contributed by atoms with Crippen LogP contribution in [0.3, 0.4) is 0 Å². The largest absolute Gasteiger partial charge is 0.396 e. The highest BCUT2D eigenvalue weighted by Crippen LogP contribution is 2.23. The molecule has 2 N–H and O–H groups in total. The third-order valence-electron chi connectivity index (χ3n) is 3.05. The van der Waals surface area contributed by atoms with E-state index in [2.05, 4.69) is 31.2 Å². The highest BCUT2D eigenvalue weighted by molar-refractivity contribution is 5.28. The van der Waals surface area contributed by atoms with Crippen LogP contribution >= 0.6 is 0 Å². The average Bonchev–Trinajstić information content (AvgIpc) is 2.50. The number of aliphatic hydroxyl groups excluding tert-OH is 1. The van der Waals surface area contributed by atoms with Gasteiger partial charge in [-0.05, 0) is 33.2 Å². The standard InChI is InChI=1S/C12H23N3O/c1-5-11(13-7-6-8-16)12-9(2)14-15(4)10(12)3/h11,13,16H,5-8H2,1-4H3. The lowest BCUT2D eigenvalue weighted by Gasteiger charge is -2.17. The van der Waals surface area contributed by atoms with Gasteiger partial charge in [0.1, 0.15) is 0 Å². The average molecular weight is 225 g/mol. The Balaban J connectivity index is 2.78. The molecule has 4 heteroatoms. The zero-order valence-electron chi connectivity index (χ0n) is 10.7. The molecule has 0 saturated carbocycles. The van der Waals surface area contributed by atoms with E-state index < -0.39 is 0 Å². The Kier molecular flexibility index (Phi) is 4.96. The van der Waals surface area contributed by atoms with Crippen molar-refractivity contribution in [2.45, 2.75) is 39.7 Å². The van der Waals surface area contributed by atoms with E-state index in [1.54, 1.807) is 0 Å². The molecule has 1 aromatic rings. The second kappa shape index (κ2) is 6.01. The number of rotatable bonds is 6. The van der Waals surface area contributed by atoms with Crippen LogP contribution in [0, 0.1) is 13.8 Å². The Bertz CT molecular complexity index is 333. The fraction of sp³-hybridized carbons (Fsp3) is 0.750. The number of aliphatic hydroxyl groups is 1. The van der Waals surface area contributed by atoms with Gasteiger partial charge in [0.05, 0.1) is 5.69 Å². The van der Waals surface area contributed by atoms with Gasteiger partial charge in [-0.3, -0.25) is 4.68 Å². The molecule has 0 spiro atoms. The number of hydrogen-bond donors (Lipinski definition) is 2. The fourth-order valence-corrected chi connectivity index (χ4v) is 2.10. The summed E-state index contributed by atoms with van der Waals surface area (Å²) >= 11 is 0. The second-order valence-electron chi connectivity index (χ2n) is 4.20. The monoisotopic (exact) mass is 225 g/mol. The topological polar surface area (TPSA) is 50.1 Å². The van der Waals surface area contributed by atoms with Crippen molar-refractivity contribution in [2.75, 3.05) is 13.2 Å². The predicted molar refractivity (Wildman–Crippen MR) is 65.4 cm³/mol. The molecule has 0 fully saturated rings. The zero-order chi connectivity index (χ0) is 12.1. The van der Waals surface area contributed by atoms with Gasteiger partial charge < -0.3 is 10.4 Å². The number of hydrogen-bond acceptors (Lipinski definition) is 3. The van der Waals surface area contributed by atoms with Crippen molar-refractivity contribution >= 4 is 0 Å². The van der Waals surface area contributed by atoms with Gasteiger partial charge in [-0.2, -0.15) is 5.10 Å². The van der Waals surface area contributed by atoms with Gasteiger partial charge in [0.15, 0.2) is 0 Å². The highest BCUT2D eigenvalue weighted by Gasteiger charge is 2.17. The summed E-state index contributed by atoms with van der Waals surface area (Å²) in [5.74, 6) is 0. The lowest BCUT2D eigenvalue weighted by atomic mass is 10.0. The SMILES string of the molecule is CCC(NCCCO)c1c(C)nn(C)c1C. The number of aromatic nitrogens is 2. The van der Waals surface area contributed by atoms with E-state index in [-0.39, 0.29) is 6.61 Å². The summed E-state index contributed by atoms with van der Waals surface area (Å²) in [4.78, 5) is 0. The number of nitrogens with one attached hydrogen (secondary N) is 1. The molecule has 0 bridgehead atoms. The van der Waals surface area contributed by atoms with Crippen LogP contribution in [0.4, 0.5) is 0 Å². The molecule has 16 heavy (non-hydrogen) atoms. The Morgan fingerprint density at radius 2 is 2.12 bits per heavy atom. The summed E-state index contributed by atoms with van der Waals surface area (Å²) in [6, 6.07) is 0.347. The van der Waals surface area contributed by atoms with Crippen LogP contribution in [0.2, 0.25) is 0 Å². The Labute approximate surface area is 97.7 Å². The summed E-state index contributed by atoms with van der Waals surface area (Å²) in [5, 5.41) is 16.7. The quantitative estimate of drug-likeness (QED) is 0.721. The Morgan fingerprint density at radius 1 is 1.44 bits per heavy atom. The molecule has 0 radical (unpaired) electrons. The minimum Gasteiger partial charge on any atom is -0.396 e. The van der Waals surface area contributed by atoms with Crippen molar-refractivity contribution in [1.82, 2.24) is 15.1 Å². The lowest BCUT2D eigenvalue weighted by molar-refractivity contribution is 0.282. The maximum Gasteiger partial charge on any atom is 0.0644 e. The van der Waals surface area contributed by atoms with Gasteiger partial charge in [0, 0.05) is 31.0 Å². The van der Waals surface area contributed by atoms with Crippen LogP contribution in [0.15, 0.2) is 0 Å². The van der Waals surface area contributed by atoms with E-state index in [0.29, 0.717) is 6.04 Å². The van der Waals surface area contributed by atoms with Crippen LogP contribution in [0.5, 0.6) is 0 Å². The molecular formula is C12H23N3O. The molecule has 92 valence electrons. The molecule has 0 aliphatic carbocycles. The molecule has 1 aromatic heterocycles. The molecule has 1 heterocycles. The van der Waals surface area contributed by atoms with Crippen molar-refractivity contribution in [3.8, 4) is 0 Å². The molecule has 0 aliphatic rings. The molecule has 4 nitrogen and oxygen atoms in total. The summed E-state index contributed by atoms with van der Waals surface area (Å²) in [6.45, 7) is 7.42. The van der Waals surface area contributed by atoms with E-state index in [9.17, 15) is 0 Å². The lowest BCUT2D eigenvalue weighted by Crippen LogP contribution is -2.23. The first-order valence-electron chi connectivity index (χ1n) is 5.96. The van der Waals surface area contributed by atoms with E-state index >= 15 is 0 Å². The normalized spacial score (nSPS) is 13.1. The van der Waals surface area contributed by atoms with Gasteiger partial charge >= 0.3 is 0 Å². The fourth-order valence-electron chi connectivity index (χ4n) is 2.10. The maximum atomic E-state index is 8.78. The zero-order valence-corrected chi connectivity index (χ0v) is 10.7. The first kappa shape index (κ1) is 13.2. The molecule has 0 aromatic carbocycles. The van der Waals surface area contributed by atoms with E-state index in [4.69, 9.17) is 5.11 Å². The molecule has 0 aliphatic heterocycles. The van der Waals surface area contributed by atoms with Crippen LogP contribution in [0.25, 0.3) is 0 Å². The summed E-state index contributed by atoms with van der Waals surface area (Å²) in [5.41, 5.74) is 3.63. The van der Waals surface area contributed by atoms with Crippen LogP contribution in [-0.4, -0.2) is 28.0 Å². The molecular weight excluding hydrogens is 202 g/mol. The predicted octanol–water partition coefficient (Wildman–Crippen LogP) is 1.46. The van der Waals surface area contributed by atoms with Gasteiger partial charge in [-0.1, -0.05) is 6.92 Å². The molecule has 0 saturated heterocycles. The van der Waals surface area contributed by atoms with Crippen LogP contribution in [-0.2, 0) is 7.05 Å². The third-order valence-corrected chi connectivity index (χ3v) is 3.05. The molecule has 1 unspecified atom stereocenters. The summed E-state index contributed by atoms with van der Waals surface area (Å²) in [7, 11) is 1.98. The van der Waals surface area contributed by atoms with Gasteiger partial charge in [-0.15, -0.1) is 0 Å². The van der Waals surface area contributed by atoms with Crippen LogP contribution < -0.4 is 5.32 Å². The van der Waals surface area contributed by atoms with Crippen LogP contribution in [0.1, 0.15) is 42.8 Å². The maximum absolute atomic E-state index is 8.78. The Hall–Kier alpha value is -0.870. The molecule has 1 atom stereocenters. The minimum absolute atomic E-state index is 0.244. The second-order valence-corrected chi connectivity index (χ2v) is 4.20. The Morgan fingerprint density at radius 3 is 2.56 bits per heavy atom. The smallest absolute Gasteiger partial charge is 0.0644 e. The van der Waals surface area contributed by atoms with Crippen molar-refractivity contribution in [3.05, 3.63) is 17.0 Å². The van der Waals surface area contributed by atoms with E-state index in [1.165, 1.54) is 11.3 Å². The highest BCUT2D eigenvalue weighted by atomic mass is 16.3. The first-order valence-corrected chi connectivity index (χ1v) is 5.96. The summed E-state index contributed by atoms with van der Waals surface area (Å²) < 4.78 is 1.93. The number of aryl methyl sites for hydroxylation is 2. The number of nitrogens with zero attached hydrogens (tertiary/aromatic N) is 2. The van der Waals surface area contributed by atoms with Crippen molar-refractivity contribution in [3.63, 3.8) is 0 Å².